The SMILES string of the molecule is COc1ccc2sc(N(Cc3ccco3)C(=O)C3CCN(S(=O)(=O)c4cc(F)ccc4F)CC3)nc2c1. The number of carbonyl (C=O) groups is 1. The normalized spacial score (nSPS) is 15.2. The van der Waals surface area contributed by atoms with Gasteiger partial charge >= 0.3 is 0 Å². The fraction of sp³-hybridized carbons (Fsp3) is 0.280. The van der Waals surface area contributed by atoms with Gasteiger partial charge in [-0.3, -0.25) is 9.69 Å². The fourth-order valence-electron chi connectivity index (χ4n) is 4.31. The molecule has 0 aliphatic carbocycles. The van der Waals surface area contributed by atoms with Crippen molar-refractivity contribution in [2.45, 2.75) is 24.3 Å². The van der Waals surface area contributed by atoms with E-state index >= 15 is 0 Å². The number of thiazole rings is 1. The van der Waals surface area contributed by atoms with E-state index in [1.54, 1.807) is 30.2 Å². The smallest absolute Gasteiger partial charge is 0.246 e. The van der Waals surface area contributed by atoms with Crippen LogP contribution >= 0.6 is 11.3 Å². The Morgan fingerprint density at radius 1 is 1.19 bits per heavy atom. The van der Waals surface area contributed by atoms with Crippen LogP contribution in [0.15, 0.2) is 64.1 Å². The zero-order valence-corrected chi connectivity index (χ0v) is 21.4. The number of rotatable bonds is 7. The van der Waals surface area contributed by atoms with Gasteiger partial charge in [-0.25, -0.2) is 22.2 Å². The Labute approximate surface area is 216 Å². The van der Waals surface area contributed by atoms with Crippen LogP contribution in [0.3, 0.4) is 0 Å². The Kier molecular flexibility index (Phi) is 6.97. The highest BCUT2D eigenvalue weighted by Gasteiger charge is 2.36. The number of amides is 1. The van der Waals surface area contributed by atoms with E-state index in [1.807, 2.05) is 12.1 Å². The van der Waals surface area contributed by atoms with Gasteiger partial charge in [-0.1, -0.05) is 11.3 Å². The summed E-state index contributed by atoms with van der Waals surface area (Å²) in [5, 5.41) is 0.488. The van der Waals surface area contributed by atoms with E-state index in [0.717, 1.165) is 21.1 Å². The van der Waals surface area contributed by atoms with Crippen molar-refractivity contribution in [3.63, 3.8) is 0 Å². The third kappa shape index (κ3) is 5.09. The van der Waals surface area contributed by atoms with Crippen LogP contribution in [0.4, 0.5) is 13.9 Å². The van der Waals surface area contributed by atoms with Crippen molar-refractivity contribution in [2.24, 2.45) is 5.92 Å². The Morgan fingerprint density at radius 2 is 1.97 bits per heavy atom. The number of benzene rings is 2. The molecule has 194 valence electrons. The molecule has 5 rings (SSSR count). The molecule has 0 saturated carbocycles. The lowest BCUT2D eigenvalue weighted by molar-refractivity contribution is -0.123. The van der Waals surface area contributed by atoms with Crippen molar-refractivity contribution in [1.82, 2.24) is 9.29 Å². The average Bonchev–Trinajstić information content (AvgIpc) is 3.57. The van der Waals surface area contributed by atoms with E-state index in [4.69, 9.17) is 9.15 Å². The number of sulfonamides is 1. The Bertz CT molecular complexity index is 1530. The van der Waals surface area contributed by atoms with Crippen molar-refractivity contribution >= 4 is 42.6 Å². The minimum absolute atomic E-state index is 0.000326. The summed E-state index contributed by atoms with van der Waals surface area (Å²) in [5.41, 5.74) is 0.689. The van der Waals surface area contributed by atoms with Crippen LogP contribution in [0, 0.1) is 17.6 Å². The Hall–Kier alpha value is -3.35. The molecule has 0 N–H and O–H groups in total. The molecule has 8 nitrogen and oxygen atoms in total. The molecule has 4 aromatic rings. The maximum Gasteiger partial charge on any atom is 0.246 e. The number of aromatic nitrogens is 1. The van der Waals surface area contributed by atoms with Gasteiger partial charge in [0.2, 0.25) is 15.9 Å². The third-order valence-corrected chi connectivity index (χ3v) is 9.26. The number of halogens is 2. The fourth-order valence-corrected chi connectivity index (χ4v) is 6.81. The second kappa shape index (κ2) is 10.2. The summed E-state index contributed by atoms with van der Waals surface area (Å²) >= 11 is 1.36. The van der Waals surface area contributed by atoms with Gasteiger partial charge in [0.1, 0.15) is 28.0 Å². The number of hydrogen-bond acceptors (Lipinski definition) is 7. The first-order chi connectivity index (χ1) is 17.8. The molecule has 1 saturated heterocycles. The first-order valence-electron chi connectivity index (χ1n) is 11.5. The number of piperidine rings is 1. The molecule has 1 amide bonds. The topological polar surface area (TPSA) is 93.0 Å². The molecule has 0 atom stereocenters. The number of ether oxygens (including phenoxy) is 1. The van der Waals surface area contributed by atoms with Crippen molar-refractivity contribution in [1.29, 1.82) is 0 Å². The Balaban J connectivity index is 1.37. The average molecular weight is 548 g/mol. The monoisotopic (exact) mass is 547 g/mol. The molecule has 37 heavy (non-hydrogen) atoms. The van der Waals surface area contributed by atoms with Gasteiger partial charge < -0.3 is 9.15 Å². The van der Waals surface area contributed by atoms with Gasteiger partial charge in [0, 0.05) is 25.1 Å². The summed E-state index contributed by atoms with van der Waals surface area (Å²) in [4.78, 5) is 19.2. The zero-order chi connectivity index (χ0) is 26.2. The lowest BCUT2D eigenvalue weighted by Crippen LogP contribution is -2.44. The van der Waals surface area contributed by atoms with Gasteiger partial charge in [0.25, 0.3) is 0 Å². The van der Waals surface area contributed by atoms with Gasteiger partial charge in [-0.05, 0) is 55.3 Å². The molecule has 0 radical (unpaired) electrons. The van der Waals surface area contributed by atoms with E-state index in [2.05, 4.69) is 4.98 Å². The van der Waals surface area contributed by atoms with Gasteiger partial charge in [-0.15, -0.1) is 0 Å². The van der Waals surface area contributed by atoms with Crippen molar-refractivity contribution in [2.75, 3.05) is 25.1 Å². The van der Waals surface area contributed by atoms with Crippen LogP contribution in [-0.4, -0.2) is 43.8 Å². The van der Waals surface area contributed by atoms with Gasteiger partial charge in [-0.2, -0.15) is 4.31 Å². The highest BCUT2D eigenvalue weighted by atomic mass is 32.2. The largest absolute Gasteiger partial charge is 0.497 e. The van der Waals surface area contributed by atoms with Crippen LogP contribution in [0.2, 0.25) is 0 Å². The number of methoxy groups -OCH3 is 1. The van der Waals surface area contributed by atoms with Crippen LogP contribution in [0.25, 0.3) is 10.2 Å². The summed E-state index contributed by atoms with van der Waals surface area (Å²) in [5.74, 6) is -1.33. The molecule has 1 aliphatic rings. The highest BCUT2D eigenvalue weighted by Crippen LogP contribution is 2.34. The van der Waals surface area contributed by atoms with E-state index in [1.165, 1.54) is 17.6 Å². The number of furan rings is 1. The standard InChI is InChI=1S/C25H23F2N3O5S2/c1-34-18-5-7-22-21(14-18)28-25(36-22)30(15-19-3-2-12-35-19)24(31)16-8-10-29(11-9-16)37(32,33)23-13-17(26)4-6-20(23)27/h2-7,12-14,16H,8-11,15H2,1H3. The molecule has 1 fully saturated rings. The zero-order valence-electron chi connectivity index (χ0n) is 19.8. The predicted octanol–water partition coefficient (Wildman–Crippen LogP) is 4.81. The molecule has 0 spiro atoms. The van der Waals surface area contributed by atoms with Crippen molar-refractivity contribution in [3.8, 4) is 5.75 Å². The van der Waals surface area contributed by atoms with E-state index in [-0.39, 0.29) is 38.4 Å². The van der Waals surface area contributed by atoms with Crippen LogP contribution in [0.1, 0.15) is 18.6 Å². The summed E-state index contributed by atoms with van der Waals surface area (Å²) in [6.45, 7) is 0.163. The van der Waals surface area contributed by atoms with Crippen LogP contribution in [-0.2, 0) is 21.4 Å². The van der Waals surface area contributed by atoms with E-state index < -0.39 is 32.5 Å². The van der Waals surface area contributed by atoms with Crippen molar-refractivity contribution in [3.05, 3.63) is 72.2 Å². The van der Waals surface area contributed by atoms with E-state index in [9.17, 15) is 22.0 Å². The maximum atomic E-state index is 14.2. The molecule has 12 heteroatoms. The van der Waals surface area contributed by atoms with Gasteiger partial charge in [0.05, 0.1) is 30.1 Å². The number of carbonyl (C=O) groups excluding carboxylic acids is 1. The second-order valence-corrected chi connectivity index (χ2v) is 11.5. The highest BCUT2D eigenvalue weighted by molar-refractivity contribution is 7.89. The lowest BCUT2D eigenvalue weighted by Gasteiger charge is -2.32. The number of anilines is 1. The lowest BCUT2D eigenvalue weighted by atomic mass is 9.96. The second-order valence-electron chi connectivity index (χ2n) is 8.59. The molecule has 0 bridgehead atoms. The first-order valence-corrected chi connectivity index (χ1v) is 13.8. The maximum absolute atomic E-state index is 14.2. The first kappa shape index (κ1) is 25.3. The summed E-state index contributed by atoms with van der Waals surface area (Å²) in [6, 6.07) is 11.3. The van der Waals surface area contributed by atoms with Crippen molar-refractivity contribution < 1.29 is 31.1 Å². The number of hydrogen-bond donors (Lipinski definition) is 0. The predicted molar refractivity (Wildman–Crippen MR) is 134 cm³/mol. The Morgan fingerprint density at radius 3 is 2.68 bits per heavy atom. The summed E-state index contributed by atoms with van der Waals surface area (Å²) in [7, 11) is -2.68. The minimum Gasteiger partial charge on any atom is -0.497 e. The molecule has 0 unspecified atom stereocenters. The molecular weight excluding hydrogens is 524 g/mol. The number of fused-ring (bicyclic) bond motifs is 1. The van der Waals surface area contributed by atoms with Crippen LogP contribution < -0.4 is 9.64 Å². The molecule has 2 aromatic heterocycles. The number of nitrogens with zero attached hydrogens (tertiary/aromatic N) is 3. The quantitative estimate of drug-likeness (QED) is 0.330. The summed E-state index contributed by atoms with van der Waals surface area (Å²) in [6.07, 6.45) is 1.97. The molecule has 2 aromatic carbocycles. The minimum atomic E-state index is -4.25. The molecule has 1 aliphatic heterocycles. The molecular formula is C25H23F2N3O5S2. The van der Waals surface area contributed by atoms with E-state index in [0.29, 0.717) is 28.2 Å². The summed E-state index contributed by atoms with van der Waals surface area (Å²) < 4.78 is 66.4. The van der Waals surface area contributed by atoms with Gasteiger partial charge in [0.15, 0.2) is 5.13 Å². The van der Waals surface area contributed by atoms with Crippen LogP contribution in [0.5, 0.6) is 5.75 Å². The third-order valence-electron chi connectivity index (χ3n) is 6.29. The molecule has 3 heterocycles.